The number of carbonyl (C=O) groups is 1. The summed E-state index contributed by atoms with van der Waals surface area (Å²) in [6.45, 7) is 4.33. The number of alkyl halides is 1. The van der Waals surface area contributed by atoms with Crippen LogP contribution < -0.4 is 33.0 Å². The minimum absolute atomic E-state index is 0.0453. The molecule has 0 spiro atoms. The lowest BCUT2D eigenvalue weighted by Gasteiger charge is -2.49. The molecule has 248 valence electrons. The van der Waals surface area contributed by atoms with Gasteiger partial charge in [-0.1, -0.05) is 6.92 Å². The van der Waals surface area contributed by atoms with Gasteiger partial charge in [0.1, 0.15) is 30.3 Å². The normalized spacial score (nSPS) is 44.0. The lowest BCUT2D eigenvalue weighted by molar-refractivity contribution is -0.314. The smallest absolute Gasteiger partial charge is 0.255 e. The Morgan fingerprint density at radius 2 is 1.77 bits per heavy atom. The van der Waals surface area contributed by atoms with Gasteiger partial charge in [0.25, 0.3) is 5.91 Å². The molecule has 0 radical (unpaired) electrons. The first-order chi connectivity index (χ1) is 20.1. The van der Waals surface area contributed by atoms with Crippen LogP contribution in [0.25, 0.3) is 0 Å². The lowest BCUT2D eigenvalue weighted by Crippen LogP contribution is -2.69. The van der Waals surface area contributed by atoms with E-state index in [1.54, 1.807) is 6.92 Å². The van der Waals surface area contributed by atoms with Crippen LogP contribution in [-0.2, 0) is 23.7 Å². The highest BCUT2D eigenvalue weighted by Gasteiger charge is 2.52. The highest BCUT2D eigenvalue weighted by Crippen LogP contribution is 2.34. The molecular formula is C26H48FN7O9. The monoisotopic (exact) mass is 621 g/mol. The van der Waals surface area contributed by atoms with Crippen molar-refractivity contribution in [3.8, 4) is 0 Å². The van der Waals surface area contributed by atoms with Crippen LogP contribution in [0, 0.1) is 11.3 Å². The number of hydrazine groups is 1. The number of hydrogen-bond acceptors (Lipinski definition) is 14. The third-order valence-corrected chi connectivity index (χ3v) is 8.95. The van der Waals surface area contributed by atoms with Crippen LogP contribution in [0.3, 0.4) is 0 Å². The largest absolute Gasteiger partial charge is 0.388 e. The Morgan fingerprint density at radius 3 is 2.42 bits per heavy atom. The van der Waals surface area contributed by atoms with Crippen LogP contribution in [0.4, 0.5) is 4.39 Å². The van der Waals surface area contributed by atoms with E-state index in [2.05, 4.69) is 21.5 Å². The van der Waals surface area contributed by atoms with Crippen LogP contribution >= 0.6 is 0 Å². The Morgan fingerprint density at radius 1 is 1.12 bits per heavy atom. The maximum atomic E-state index is 13.4. The van der Waals surface area contributed by atoms with Gasteiger partial charge >= 0.3 is 0 Å². The molecule has 43 heavy (non-hydrogen) atoms. The van der Waals surface area contributed by atoms with Crippen molar-refractivity contribution in [2.24, 2.45) is 17.4 Å². The second kappa shape index (κ2) is 13.8. The Labute approximate surface area is 249 Å². The van der Waals surface area contributed by atoms with E-state index in [0.29, 0.717) is 12.8 Å². The van der Waals surface area contributed by atoms with E-state index < -0.39 is 90.4 Å². The third kappa shape index (κ3) is 7.79. The second-order valence-corrected chi connectivity index (χ2v) is 12.5. The fourth-order valence-corrected chi connectivity index (χ4v) is 5.72. The third-order valence-electron chi connectivity index (χ3n) is 8.95. The van der Waals surface area contributed by atoms with Crippen molar-refractivity contribution in [2.45, 2.75) is 119 Å². The number of nitrogens with one attached hydrogen (secondary N) is 5. The van der Waals surface area contributed by atoms with Crippen molar-refractivity contribution in [1.29, 1.82) is 5.41 Å². The molecule has 17 heteroatoms. The Kier molecular flexibility index (Phi) is 11.0. The summed E-state index contributed by atoms with van der Waals surface area (Å²) in [7, 11) is 0. The molecule has 4 aliphatic rings. The molecule has 4 fully saturated rings. The Balaban J connectivity index is 1.49. The molecule has 7 unspecified atom stereocenters. The van der Waals surface area contributed by atoms with Gasteiger partial charge in [0, 0.05) is 31.6 Å². The summed E-state index contributed by atoms with van der Waals surface area (Å²) < 4.78 is 37.2. The molecule has 13 N–H and O–H groups in total. The maximum absolute atomic E-state index is 13.4. The SMILES string of the molecule is CC(F)C(=N)NC[C@@H]1CCC(N)[C@@H](OC2C(O)C(O[C@H]3OCC(C)(O)[C@H](C)C3O)[C@H](NC(=O)C3(O)CNNC3)C[C@@H]2N)O1. The van der Waals surface area contributed by atoms with Gasteiger partial charge in [0.05, 0.1) is 30.4 Å². The summed E-state index contributed by atoms with van der Waals surface area (Å²) in [4.78, 5) is 13.1. The fourth-order valence-electron chi connectivity index (χ4n) is 5.72. The highest BCUT2D eigenvalue weighted by atomic mass is 19.1. The molecule has 1 aliphatic carbocycles. The molecular weight excluding hydrogens is 573 g/mol. The van der Waals surface area contributed by atoms with E-state index in [0.717, 1.165) is 0 Å². The molecule has 0 bridgehead atoms. The highest BCUT2D eigenvalue weighted by molar-refractivity contribution is 5.86. The number of rotatable bonds is 9. The first-order valence-electron chi connectivity index (χ1n) is 14.8. The predicted octanol–water partition coefficient (Wildman–Crippen LogP) is -3.97. The number of aliphatic hydroxyl groups excluding tert-OH is 2. The fraction of sp³-hybridized carbons (Fsp3) is 0.923. The van der Waals surface area contributed by atoms with Gasteiger partial charge in [0.2, 0.25) is 0 Å². The number of carbonyl (C=O) groups excluding carboxylic acids is 1. The zero-order valence-corrected chi connectivity index (χ0v) is 24.7. The summed E-state index contributed by atoms with van der Waals surface area (Å²) >= 11 is 0. The molecule has 1 saturated carbocycles. The van der Waals surface area contributed by atoms with E-state index in [1.165, 1.54) is 13.8 Å². The molecule has 3 saturated heterocycles. The van der Waals surface area contributed by atoms with Crippen molar-refractivity contribution in [3.63, 3.8) is 0 Å². The number of halogens is 1. The number of ether oxygens (including phenoxy) is 4. The van der Waals surface area contributed by atoms with E-state index in [1.807, 2.05) is 0 Å². The topological polar surface area (TPSA) is 259 Å². The first kappa shape index (κ1) is 34.3. The van der Waals surface area contributed by atoms with Crippen LogP contribution in [0.5, 0.6) is 0 Å². The molecule has 13 atom stereocenters. The molecule has 0 aromatic carbocycles. The van der Waals surface area contributed by atoms with Gasteiger partial charge in [-0.15, -0.1) is 0 Å². The predicted molar refractivity (Wildman–Crippen MR) is 149 cm³/mol. The van der Waals surface area contributed by atoms with Crippen LogP contribution in [-0.4, -0.2) is 137 Å². The van der Waals surface area contributed by atoms with Crippen molar-refractivity contribution in [2.75, 3.05) is 26.2 Å². The molecule has 0 aromatic rings. The number of nitrogens with two attached hydrogens (primary N) is 2. The average molecular weight is 622 g/mol. The van der Waals surface area contributed by atoms with Gasteiger partial charge in [-0.2, -0.15) is 0 Å². The molecule has 3 heterocycles. The van der Waals surface area contributed by atoms with Gasteiger partial charge in [0.15, 0.2) is 24.4 Å². The van der Waals surface area contributed by atoms with E-state index in [9.17, 15) is 29.6 Å². The number of aliphatic hydroxyl groups is 4. The van der Waals surface area contributed by atoms with Crippen LogP contribution in [0.2, 0.25) is 0 Å². The number of β-amino-alcohol motifs (C(OH)–C–C–N with tert-alkyl or cyclic N) is 1. The van der Waals surface area contributed by atoms with Gasteiger partial charge in [-0.05, 0) is 33.1 Å². The van der Waals surface area contributed by atoms with Crippen molar-refractivity contribution < 1.29 is 48.6 Å². The molecule has 4 rings (SSSR count). The lowest BCUT2D eigenvalue weighted by atomic mass is 9.82. The Hall–Kier alpha value is -1.61. The van der Waals surface area contributed by atoms with E-state index >= 15 is 0 Å². The zero-order valence-electron chi connectivity index (χ0n) is 24.7. The molecule has 1 amide bonds. The Bertz CT molecular complexity index is 975. The summed E-state index contributed by atoms with van der Waals surface area (Å²) in [6, 6.07) is -2.35. The molecule has 3 aliphatic heterocycles. The summed E-state index contributed by atoms with van der Waals surface area (Å²) in [6.07, 6.45) is -8.17. The van der Waals surface area contributed by atoms with Crippen LogP contribution in [0.15, 0.2) is 0 Å². The average Bonchev–Trinajstić information content (AvgIpc) is 3.40. The summed E-state index contributed by atoms with van der Waals surface area (Å²) in [5.74, 6) is -1.64. The quantitative estimate of drug-likeness (QED) is 0.0867. The van der Waals surface area contributed by atoms with Crippen LogP contribution in [0.1, 0.15) is 40.0 Å². The zero-order chi connectivity index (χ0) is 31.7. The maximum Gasteiger partial charge on any atom is 0.255 e. The van der Waals surface area contributed by atoms with Gasteiger partial charge in [-0.25, -0.2) is 4.39 Å². The number of amidine groups is 1. The number of amides is 1. The second-order valence-electron chi connectivity index (χ2n) is 12.5. The van der Waals surface area contributed by atoms with Crippen molar-refractivity contribution in [1.82, 2.24) is 21.5 Å². The van der Waals surface area contributed by atoms with Gasteiger partial charge < -0.3 is 61.5 Å². The van der Waals surface area contributed by atoms with E-state index in [4.69, 9.17) is 35.8 Å². The summed E-state index contributed by atoms with van der Waals surface area (Å²) in [5, 5.41) is 56.8. The molecule has 0 aromatic heterocycles. The number of hydrogen-bond donors (Lipinski definition) is 11. The van der Waals surface area contributed by atoms with Gasteiger partial charge in [-0.3, -0.25) is 21.1 Å². The molecule has 16 nitrogen and oxygen atoms in total. The standard InChI is InChI=1S/C26H48FN7O9/c1-11-17(35)23(40-10-25(11,3)38)43-20-16(34-24(37)26(39)8-32-33-9-26)6-15(29)19(18(20)36)42-22-14(28)5-4-13(41-22)7-31-21(30)12(2)27/h11-20,22-23,32-33,35-36,38-39H,4-10,28-29H2,1-3H3,(H2,30,31)(H,34,37)/t11-,12?,13+,14?,15+,16-,17?,18?,19?,20?,22-,23-,25?/m1/s1. The minimum Gasteiger partial charge on any atom is -0.388 e. The summed E-state index contributed by atoms with van der Waals surface area (Å²) in [5.41, 5.74) is 15.1. The van der Waals surface area contributed by atoms with Crippen molar-refractivity contribution in [3.05, 3.63) is 0 Å². The minimum atomic E-state index is -1.76. The van der Waals surface area contributed by atoms with E-state index in [-0.39, 0.29) is 38.5 Å². The first-order valence-corrected chi connectivity index (χ1v) is 14.8. The van der Waals surface area contributed by atoms with Crippen molar-refractivity contribution >= 4 is 11.7 Å².